The summed E-state index contributed by atoms with van der Waals surface area (Å²) in [4.78, 5) is 5.49. The first kappa shape index (κ1) is 14.6. The Labute approximate surface area is 122 Å². The van der Waals surface area contributed by atoms with Crippen molar-refractivity contribution >= 4 is 5.69 Å². The van der Waals surface area contributed by atoms with Crippen LogP contribution in [0.15, 0.2) is 18.3 Å². The van der Waals surface area contributed by atoms with E-state index in [9.17, 15) is 13.2 Å². The van der Waals surface area contributed by atoms with Crippen LogP contribution < -0.4 is 10.2 Å². The van der Waals surface area contributed by atoms with Gasteiger partial charge in [-0.25, -0.2) is 0 Å². The summed E-state index contributed by atoms with van der Waals surface area (Å²) in [5.41, 5.74) is 0.241. The predicted octanol–water partition coefficient (Wildman–Crippen LogP) is 3.07. The molecule has 3 nitrogen and oxygen atoms in total. The fraction of sp³-hybridized carbons (Fsp3) is 0.667. The molecule has 0 unspecified atom stereocenters. The SMILES string of the molecule is FC(F)(F)c1cc(N2CCC3(CCNCC3)CC2)ccn1. The van der Waals surface area contributed by atoms with E-state index in [0.717, 1.165) is 39.0 Å². The zero-order chi connectivity index (χ0) is 14.9. The maximum Gasteiger partial charge on any atom is 0.433 e. The number of anilines is 1. The van der Waals surface area contributed by atoms with Crippen molar-refractivity contribution in [2.45, 2.75) is 31.9 Å². The van der Waals surface area contributed by atoms with Crippen molar-refractivity contribution in [1.29, 1.82) is 0 Å². The quantitative estimate of drug-likeness (QED) is 0.864. The smallest absolute Gasteiger partial charge is 0.371 e. The lowest BCUT2D eigenvalue weighted by atomic mass is 9.71. The third kappa shape index (κ3) is 3.15. The van der Waals surface area contributed by atoms with Crippen LogP contribution in [-0.2, 0) is 6.18 Å². The Morgan fingerprint density at radius 2 is 1.76 bits per heavy atom. The van der Waals surface area contributed by atoms with E-state index in [4.69, 9.17) is 0 Å². The second kappa shape index (κ2) is 5.48. The van der Waals surface area contributed by atoms with Crippen LogP contribution in [0.2, 0.25) is 0 Å². The third-order valence-corrected chi connectivity index (χ3v) is 4.89. The average Bonchev–Trinajstić information content (AvgIpc) is 2.48. The molecule has 1 spiro atoms. The van der Waals surface area contributed by atoms with Gasteiger partial charge in [0, 0.05) is 25.0 Å². The van der Waals surface area contributed by atoms with E-state index < -0.39 is 11.9 Å². The number of hydrogen-bond acceptors (Lipinski definition) is 3. The molecule has 2 saturated heterocycles. The average molecular weight is 299 g/mol. The van der Waals surface area contributed by atoms with E-state index in [-0.39, 0.29) is 0 Å². The van der Waals surface area contributed by atoms with E-state index in [1.165, 1.54) is 25.1 Å². The van der Waals surface area contributed by atoms with Crippen LogP contribution >= 0.6 is 0 Å². The monoisotopic (exact) mass is 299 g/mol. The van der Waals surface area contributed by atoms with E-state index in [1.807, 2.05) is 0 Å². The number of nitrogens with zero attached hydrogens (tertiary/aromatic N) is 2. The van der Waals surface area contributed by atoms with Crippen molar-refractivity contribution in [2.75, 3.05) is 31.1 Å². The number of pyridine rings is 1. The Morgan fingerprint density at radius 3 is 2.38 bits per heavy atom. The zero-order valence-corrected chi connectivity index (χ0v) is 11.9. The molecule has 0 saturated carbocycles. The molecular formula is C15H20F3N3. The first-order valence-electron chi connectivity index (χ1n) is 7.48. The van der Waals surface area contributed by atoms with Gasteiger partial charge >= 0.3 is 6.18 Å². The molecule has 116 valence electrons. The normalized spacial score (nSPS) is 22.5. The standard InChI is InChI=1S/C15H20F3N3/c16-15(17,18)13-11-12(1-6-20-13)21-9-4-14(5-10-21)2-7-19-8-3-14/h1,6,11,19H,2-5,7-10H2. The minimum absolute atomic E-state index is 0.404. The van der Waals surface area contributed by atoms with Crippen molar-refractivity contribution in [3.05, 3.63) is 24.0 Å². The van der Waals surface area contributed by atoms with Crippen LogP contribution in [0.1, 0.15) is 31.4 Å². The molecule has 0 aromatic carbocycles. The number of alkyl halides is 3. The van der Waals surface area contributed by atoms with Crippen molar-refractivity contribution in [2.24, 2.45) is 5.41 Å². The van der Waals surface area contributed by atoms with Gasteiger partial charge in [-0.3, -0.25) is 4.98 Å². The molecular weight excluding hydrogens is 279 g/mol. The largest absolute Gasteiger partial charge is 0.433 e. The summed E-state index contributed by atoms with van der Waals surface area (Å²) in [6.45, 7) is 3.80. The lowest BCUT2D eigenvalue weighted by Gasteiger charge is -2.45. The molecule has 0 radical (unpaired) electrons. The maximum atomic E-state index is 12.7. The fourth-order valence-corrected chi connectivity index (χ4v) is 3.47. The molecule has 2 aliphatic heterocycles. The van der Waals surface area contributed by atoms with Crippen LogP contribution in [0.25, 0.3) is 0 Å². The molecule has 3 rings (SSSR count). The molecule has 2 aliphatic rings. The molecule has 1 N–H and O–H groups in total. The second-order valence-electron chi connectivity index (χ2n) is 6.13. The van der Waals surface area contributed by atoms with Gasteiger partial charge in [0.2, 0.25) is 0 Å². The van der Waals surface area contributed by atoms with E-state index >= 15 is 0 Å². The number of piperidine rings is 2. The Balaban J connectivity index is 1.69. The Morgan fingerprint density at radius 1 is 1.10 bits per heavy atom. The van der Waals surface area contributed by atoms with Gasteiger partial charge < -0.3 is 10.2 Å². The van der Waals surface area contributed by atoms with Gasteiger partial charge in [0.05, 0.1) is 0 Å². The Kier molecular flexibility index (Phi) is 3.82. The molecule has 1 aromatic rings. The Hall–Kier alpha value is -1.30. The van der Waals surface area contributed by atoms with Crippen LogP contribution in [-0.4, -0.2) is 31.2 Å². The van der Waals surface area contributed by atoms with E-state index in [1.54, 1.807) is 6.07 Å². The molecule has 1 aromatic heterocycles. The lowest BCUT2D eigenvalue weighted by Crippen LogP contribution is -2.45. The highest BCUT2D eigenvalue weighted by molar-refractivity contribution is 5.47. The van der Waals surface area contributed by atoms with E-state index in [0.29, 0.717) is 11.1 Å². The minimum atomic E-state index is -4.37. The highest BCUT2D eigenvalue weighted by Gasteiger charge is 2.36. The minimum Gasteiger partial charge on any atom is -0.371 e. The van der Waals surface area contributed by atoms with Crippen LogP contribution in [0.5, 0.6) is 0 Å². The first-order valence-corrected chi connectivity index (χ1v) is 7.48. The van der Waals surface area contributed by atoms with Gasteiger partial charge in [-0.05, 0) is 56.3 Å². The molecule has 0 atom stereocenters. The van der Waals surface area contributed by atoms with Crippen LogP contribution in [0, 0.1) is 5.41 Å². The zero-order valence-electron chi connectivity index (χ0n) is 11.9. The summed E-state index contributed by atoms with van der Waals surface area (Å²) in [7, 11) is 0. The van der Waals surface area contributed by atoms with Gasteiger partial charge in [0.15, 0.2) is 0 Å². The number of hydrogen-bond donors (Lipinski definition) is 1. The first-order chi connectivity index (χ1) is 9.99. The third-order valence-electron chi connectivity index (χ3n) is 4.89. The van der Waals surface area contributed by atoms with Gasteiger partial charge in [-0.15, -0.1) is 0 Å². The fourth-order valence-electron chi connectivity index (χ4n) is 3.47. The molecule has 6 heteroatoms. The van der Waals surface area contributed by atoms with Gasteiger partial charge in [-0.1, -0.05) is 0 Å². The summed E-state index contributed by atoms with van der Waals surface area (Å²) >= 11 is 0. The maximum absolute atomic E-state index is 12.7. The number of nitrogens with one attached hydrogen (secondary N) is 1. The summed E-state index contributed by atoms with van der Waals surface area (Å²) in [5, 5.41) is 3.38. The van der Waals surface area contributed by atoms with Crippen molar-refractivity contribution < 1.29 is 13.2 Å². The molecule has 3 heterocycles. The highest BCUT2D eigenvalue weighted by Crippen LogP contribution is 2.40. The van der Waals surface area contributed by atoms with Gasteiger partial charge in [-0.2, -0.15) is 13.2 Å². The molecule has 0 bridgehead atoms. The van der Waals surface area contributed by atoms with E-state index in [2.05, 4.69) is 15.2 Å². The summed E-state index contributed by atoms with van der Waals surface area (Å²) < 4.78 is 38.2. The van der Waals surface area contributed by atoms with Gasteiger partial charge in [0.25, 0.3) is 0 Å². The molecule has 0 amide bonds. The van der Waals surface area contributed by atoms with Crippen molar-refractivity contribution in [1.82, 2.24) is 10.3 Å². The molecule has 2 fully saturated rings. The highest BCUT2D eigenvalue weighted by atomic mass is 19.4. The molecule has 21 heavy (non-hydrogen) atoms. The summed E-state index contributed by atoms with van der Waals surface area (Å²) in [6, 6.07) is 2.84. The van der Waals surface area contributed by atoms with Crippen LogP contribution in [0.3, 0.4) is 0 Å². The predicted molar refractivity (Wildman–Crippen MR) is 75.2 cm³/mol. The van der Waals surface area contributed by atoms with Crippen molar-refractivity contribution in [3.8, 4) is 0 Å². The number of halogens is 3. The molecule has 0 aliphatic carbocycles. The number of aromatic nitrogens is 1. The topological polar surface area (TPSA) is 28.2 Å². The van der Waals surface area contributed by atoms with Crippen molar-refractivity contribution in [3.63, 3.8) is 0 Å². The summed E-state index contributed by atoms with van der Waals surface area (Å²) in [5.74, 6) is 0. The second-order valence-corrected chi connectivity index (χ2v) is 6.13. The number of rotatable bonds is 1. The van der Waals surface area contributed by atoms with Gasteiger partial charge in [0.1, 0.15) is 5.69 Å². The lowest BCUT2D eigenvalue weighted by molar-refractivity contribution is -0.141. The van der Waals surface area contributed by atoms with Crippen LogP contribution in [0.4, 0.5) is 18.9 Å². The Bertz CT molecular complexity index is 485. The summed E-state index contributed by atoms with van der Waals surface area (Å²) in [6.07, 6.45) is 1.39.